The van der Waals surface area contributed by atoms with E-state index in [4.69, 9.17) is 0 Å². The molecule has 1 saturated heterocycles. The highest BCUT2D eigenvalue weighted by Crippen LogP contribution is 2.42. The van der Waals surface area contributed by atoms with Gasteiger partial charge in [0.15, 0.2) is 5.60 Å². The molecule has 28 heavy (non-hydrogen) atoms. The van der Waals surface area contributed by atoms with Crippen molar-refractivity contribution in [2.24, 2.45) is 5.92 Å². The van der Waals surface area contributed by atoms with Gasteiger partial charge >= 0.3 is 0 Å². The van der Waals surface area contributed by atoms with Crippen LogP contribution in [-0.2, 0) is 10.4 Å². The van der Waals surface area contributed by atoms with Crippen LogP contribution in [0.15, 0.2) is 42.0 Å². The quantitative estimate of drug-likeness (QED) is 0.666. The lowest BCUT2D eigenvalue weighted by Crippen LogP contribution is -2.55. The van der Waals surface area contributed by atoms with Gasteiger partial charge in [-0.1, -0.05) is 48.4 Å². The van der Waals surface area contributed by atoms with Gasteiger partial charge in [0.25, 0.3) is 5.91 Å². The molecule has 1 atom stereocenters. The fraction of sp³-hybridized carbons (Fsp3) is 0.625. The van der Waals surface area contributed by atoms with Crippen LogP contribution in [0, 0.1) is 5.92 Å². The normalized spacial score (nSPS) is 21.8. The van der Waals surface area contributed by atoms with Crippen LogP contribution in [0.4, 0.5) is 0 Å². The van der Waals surface area contributed by atoms with Crippen molar-refractivity contribution >= 4 is 5.91 Å². The first-order valence-corrected chi connectivity index (χ1v) is 11.0. The number of amides is 1. The number of hydrogen-bond acceptors (Lipinski definition) is 3. The zero-order valence-electron chi connectivity index (χ0n) is 17.5. The molecule has 1 aromatic rings. The zero-order valence-corrected chi connectivity index (χ0v) is 17.5. The summed E-state index contributed by atoms with van der Waals surface area (Å²) in [7, 11) is 0. The SMILES string of the molecule is C/C=C(/C)CCCN1CCC(NC(=O)C(O)(c2ccccc2)C2CCC2)CC1. The van der Waals surface area contributed by atoms with Crippen LogP contribution in [0.5, 0.6) is 0 Å². The summed E-state index contributed by atoms with van der Waals surface area (Å²) in [5.41, 5.74) is 0.799. The number of likely N-dealkylation sites (tertiary alicyclic amines) is 1. The predicted octanol–water partition coefficient (Wildman–Crippen LogP) is 4.00. The van der Waals surface area contributed by atoms with Gasteiger partial charge in [0.05, 0.1) is 0 Å². The van der Waals surface area contributed by atoms with Crippen molar-refractivity contribution in [3.63, 3.8) is 0 Å². The summed E-state index contributed by atoms with van der Waals surface area (Å²) in [4.78, 5) is 15.6. The van der Waals surface area contributed by atoms with E-state index in [2.05, 4.69) is 30.1 Å². The Kier molecular flexibility index (Phi) is 7.30. The first-order chi connectivity index (χ1) is 13.5. The molecule has 4 heteroatoms. The van der Waals surface area contributed by atoms with E-state index in [-0.39, 0.29) is 17.9 Å². The molecule has 2 fully saturated rings. The number of aliphatic hydroxyl groups is 1. The molecule has 0 aromatic heterocycles. The Hall–Kier alpha value is -1.65. The van der Waals surface area contributed by atoms with E-state index < -0.39 is 5.60 Å². The summed E-state index contributed by atoms with van der Waals surface area (Å²) in [6.07, 6.45) is 9.41. The van der Waals surface area contributed by atoms with Gasteiger partial charge in [-0.3, -0.25) is 4.79 Å². The highest BCUT2D eigenvalue weighted by Gasteiger charge is 2.48. The molecule has 2 aliphatic rings. The van der Waals surface area contributed by atoms with Gasteiger partial charge in [-0.05, 0) is 64.5 Å². The van der Waals surface area contributed by atoms with Crippen molar-refractivity contribution in [3.05, 3.63) is 47.5 Å². The van der Waals surface area contributed by atoms with E-state index in [1.54, 1.807) is 0 Å². The monoisotopic (exact) mass is 384 g/mol. The number of hydrogen-bond donors (Lipinski definition) is 2. The third kappa shape index (κ3) is 4.84. The summed E-state index contributed by atoms with van der Waals surface area (Å²) in [6.45, 7) is 7.46. The number of rotatable bonds is 8. The van der Waals surface area contributed by atoms with Crippen molar-refractivity contribution in [3.8, 4) is 0 Å². The Morgan fingerprint density at radius 3 is 2.46 bits per heavy atom. The topological polar surface area (TPSA) is 52.6 Å². The van der Waals surface area contributed by atoms with Gasteiger partial charge in [-0.25, -0.2) is 0 Å². The first-order valence-electron chi connectivity index (χ1n) is 11.0. The molecule has 3 rings (SSSR count). The number of piperidine rings is 1. The molecule has 0 spiro atoms. The lowest BCUT2D eigenvalue weighted by atomic mass is 9.69. The van der Waals surface area contributed by atoms with E-state index in [0.717, 1.165) is 57.3 Å². The van der Waals surface area contributed by atoms with E-state index in [1.165, 1.54) is 18.4 Å². The maximum atomic E-state index is 13.1. The zero-order chi connectivity index (χ0) is 20.0. The van der Waals surface area contributed by atoms with Crippen LogP contribution in [0.1, 0.15) is 64.4 Å². The molecule has 1 saturated carbocycles. The average molecular weight is 385 g/mol. The lowest BCUT2D eigenvalue weighted by molar-refractivity contribution is -0.153. The van der Waals surface area contributed by atoms with Crippen molar-refractivity contribution in [1.82, 2.24) is 10.2 Å². The van der Waals surface area contributed by atoms with Gasteiger partial charge in [-0.2, -0.15) is 0 Å². The number of nitrogens with one attached hydrogen (secondary N) is 1. The molecule has 0 radical (unpaired) electrons. The highest BCUT2D eigenvalue weighted by atomic mass is 16.3. The molecule has 154 valence electrons. The van der Waals surface area contributed by atoms with Gasteiger partial charge in [0, 0.05) is 25.0 Å². The summed E-state index contributed by atoms with van der Waals surface area (Å²) in [6, 6.07) is 9.66. The van der Waals surface area contributed by atoms with Crippen LogP contribution in [-0.4, -0.2) is 41.6 Å². The second kappa shape index (κ2) is 9.71. The maximum absolute atomic E-state index is 13.1. The molecular weight excluding hydrogens is 348 g/mol. The number of carbonyl (C=O) groups excluding carboxylic acids is 1. The van der Waals surface area contributed by atoms with Crippen molar-refractivity contribution < 1.29 is 9.90 Å². The summed E-state index contributed by atoms with van der Waals surface area (Å²) in [5, 5.41) is 14.6. The first kappa shape index (κ1) is 21.1. The van der Waals surface area contributed by atoms with Gasteiger partial charge < -0.3 is 15.3 Å². The summed E-state index contributed by atoms with van der Waals surface area (Å²) in [5.74, 6) is -0.171. The number of benzene rings is 1. The molecule has 1 aromatic carbocycles. The van der Waals surface area contributed by atoms with Crippen LogP contribution in [0.3, 0.4) is 0 Å². The Bertz CT molecular complexity index is 660. The third-order valence-electron chi connectivity index (χ3n) is 6.72. The standard InChI is InChI=1S/C24H36N2O2/c1-3-19(2)9-8-16-26-17-14-22(15-18-26)25-23(27)24(28,21-12-7-13-21)20-10-5-4-6-11-20/h3-6,10-11,21-22,28H,7-9,12-18H2,1-2H3,(H,25,27)/b19-3-. The minimum absolute atomic E-state index is 0.0323. The van der Waals surface area contributed by atoms with E-state index in [9.17, 15) is 9.90 Å². The highest BCUT2D eigenvalue weighted by molar-refractivity contribution is 5.87. The number of nitrogens with zero attached hydrogens (tertiary/aromatic N) is 1. The van der Waals surface area contributed by atoms with Crippen molar-refractivity contribution in [2.45, 2.75) is 70.4 Å². The van der Waals surface area contributed by atoms with Crippen LogP contribution >= 0.6 is 0 Å². The third-order valence-corrected chi connectivity index (χ3v) is 6.72. The fourth-order valence-electron chi connectivity index (χ4n) is 4.39. The molecule has 0 bridgehead atoms. The second-order valence-corrected chi connectivity index (χ2v) is 8.59. The molecule has 4 nitrogen and oxygen atoms in total. The van der Waals surface area contributed by atoms with E-state index >= 15 is 0 Å². The summed E-state index contributed by atoms with van der Waals surface area (Å²) >= 11 is 0. The van der Waals surface area contributed by atoms with Gasteiger partial charge in [0.2, 0.25) is 0 Å². The van der Waals surface area contributed by atoms with Crippen molar-refractivity contribution in [2.75, 3.05) is 19.6 Å². The molecule has 2 N–H and O–H groups in total. The number of allylic oxidation sites excluding steroid dienone is 2. The predicted molar refractivity (Wildman–Crippen MR) is 114 cm³/mol. The molecule has 1 aliphatic heterocycles. The Morgan fingerprint density at radius 1 is 1.21 bits per heavy atom. The van der Waals surface area contributed by atoms with E-state index in [1.807, 2.05) is 30.3 Å². The molecule has 1 aliphatic carbocycles. The minimum Gasteiger partial charge on any atom is -0.375 e. The molecule has 1 amide bonds. The second-order valence-electron chi connectivity index (χ2n) is 8.59. The van der Waals surface area contributed by atoms with Gasteiger partial charge in [0.1, 0.15) is 0 Å². The average Bonchev–Trinajstić information content (AvgIpc) is 2.68. The largest absolute Gasteiger partial charge is 0.375 e. The lowest BCUT2D eigenvalue weighted by Gasteiger charge is -2.42. The minimum atomic E-state index is -1.39. The number of carbonyl (C=O) groups is 1. The van der Waals surface area contributed by atoms with Crippen LogP contribution < -0.4 is 5.32 Å². The molecule has 1 heterocycles. The molecule has 1 unspecified atom stereocenters. The smallest absolute Gasteiger partial charge is 0.257 e. The van der Waals surface area contributed by atoms with E-state index in [0.29, 0.717) is 0 Å². The van der Waals surface area contributed by atoms with Crippen LogP contribution in [0.2, 0.25) is 0 Å². The van der Waals surface area contributed by atoms with Crippen LogP contribution in [0.25, 0.3) is 0 Å². The maximum Gasteiger partial charge on any atom is 0.257 e. The van der Waals surface area contributed by atoms with Gasteiger partial charge in [-0.15, -0.1) is 0 Å². The Morgan fingerprint density at radius 2 is 1.89 bits per heavy atom. The fourth-order valence-corrected chi connectivity index (χ4v) is 4.39. The Balaban J connectivity index is 1.53. The molecular formula is C24H36N2O2. The Labute approximate surface area is 170 Å². The van der Waals surface area contributed by atoms with Crippen molar-refractivity contribution in [1.29, 1.82) is 0 Å². The summed E-state index contributed by atoms with van der Waals surface area (Å²) < 4.78 is 0.